The molecule has 4 aromatic rings. The first-order valence-electron chi connectivity index (χ1n) is 15.6. The van der Waals surface area contributed by atoms with Crippen LogP contribution in [0.2, 0.25) is 0 Å². The van der Waals surface area contributed by atoms with E-state index in [9.17, 15) is 30.7 Å². The molecular weight excluding hydrogens is 631 g/mol. The first-order valence-corrected chi connectivity index (χ1v) is 15.6. The van der Waals surface area contributed by atoms with Crippen molar-refractivity contribution >= 4 is 0 Å². The van der Waals surface area contributed by atoms with Gasteiger partial charge in [0.05, 0.1) is 5.56 Å². The Morgan fingerprint density at radius 1 is 0.638 bits per heavy atom. The van der Waals surface area contributed by atoms with Crippen LogP contribution in [-0.2, 0) is 12.3 Å². The first-order chi connectivity index (χ1) is 22.3. The molecule has 0 aromatic heterocycles. The van der Waals surface area contributed by atoms with Crippen molar-refractivity contribution in [2.45, 2.75) is 76.5 Å². The van der Waals surface area contributed by atoms with Crippen LogP contribution in [0.3, 0.4) is 0 Å². The predicted octanol–water partition coefficient (Wildman–Crippen LogP) is 12.6. The van der Waals surface area contributed by atoms with Crippen LogP contribution in [0, 0.1) is 29.2 Å². The smallest absolute Gasteiger partial charge is 0.426 e. The van der Waals surface area contributed by atoms with Gasteiger partial charge in [0.15, 0.2) is 0 Å². The molecule has 4 aromatic carbocycles. The minimum absolute atomic E-state index is 0.0158. The monoisotopic (exact) mass is 664 g/mol. The van der Waals surface area contributed by atoms with Gasteiger partial charge in [-0.2, -0.15) is 22.0 Å². The highest BCUT2D eigenvalue weighted by atomic mass is 19.4. The molecule has 0 spiro atoms. The summed E-state index contributed by atoms with van der Waals surface area (Å²) in [4.78, 5) is 0. The lowest BCUT2D eigenvalue weighted by Gasteiger charge is -2.29. The zero-order chi connectivity index (χ0) is 33.9. The average molecular weight is 665 g/mol. The van der Waals surface area contributed by atoms with Crippen molar-refractivity contribution in [1.82, 2.24) is 0 Å². The molecule has 0 amide bonds. The molecule has 47 heavy (non-hydrogen) atoms. The van der Waals surface area contributed by atoms with Gasteiger partial charge < -0.3 is 4.74 Å². The number of hydrogen-bond acceptors (Lipinski definition) is 1. The van der Waals surface area contributed by atoms with E-state index in [2.05, 4.69) is 11.7 Å². The summed E-state index contributed by atoms with van der Waals surface area (Å²) in [6, 6.07) is 13.3. The van der Waals surface area contributed by atoms with Crippen molar-refractivity contribution in [2.75, 3.05) is 0 Å². The summed E-state index contributed by atoms with van der Waals surface area (Å²) < 4.78 is 130. The Hall–Kier alpha value is -3.95. The molecule has 0 saturated heterocycles. The topological polar surface area (TPSA) is 9.23 Å². The van der Waals surface area contributed by atoms with Gasteiger partial charge >= 0.3 is 12.3 Å². The summed E-state index contributed by atoms with van der Waals surface area (Å²) in [5.41, 5.74) is -1.31. The molecule has 1 aliphatic rings. The number of halogens is 9. The maximum absolute atomic E-state index is 15.3. The molecule has 1 fully saturated rings. The van der Waals surface area contributed by atoms with Crippen LogP contribution >= 0.6 is 0 Å². The minimum atomic E-state index is -5.37. The molecule has 0 bridgehead atoms. The third kappa shape index (κ3) is 7.96. The summed E-state index contributed by atoms with van der Waals surface area (Å²) in [5, 5.41) is 0. The van der Waals surface area contributed by atoms with E-state index >= 15 is 8.78 Å². The van der Waals surface area contributed by atoms with Gasteiger partial charge in [-0.15, -0.1) is 0 Å². The summed E-state index contributed by atoms with van der Waals surface area (Å²) in [6.45, 7) is 2.19. The van der Waals surface area contributed by atoms with E-state index in [1.165, 1.54) is 43.9 Å². The van der Waals surface area contributed by atoms with E-state index in [1.54, 1.807) is 6.07 Å². The number of hydrogen-bond donors (Lipinski definition) is 0. The van der Waals surface area contributed by atoms with Crippen molar-refractivity contribution in [3.05, 3.63) is 113 Å². The van der Waals surface area contributed by atoms with E-state index in [4.69, 9.17) is 0 Å². The van der Waals surface area contributed by atoms with Crippen LogP contribution in [0.5, 0.6) is 5.75 Å². The molecule has 1 aliphatic carbocycles. The third-order valence-corrected chi connectivity index (χ3v) is 8.88. The summed E-state index contributed by atoms with van der Waals surface area (Å²) in [5.74, 6) is -5.54. The molecular formula is C37H33F9O. The van der Waals surface area contributed by atoms with Gasteiger partial charge in [0.25, 0.3) is 0 Å². The van der Waals surface area contributed by atoms with Gasteiger partial charge in [0.1, 0.15) is 34.6 Å². The fraction of sp³-hybridized carbons (Fsp3) is 0.351. The molecule has 0 atom stereocenters. The van der Waals surface area contributed by atoms with E-state index in [0.717, 1.165) is 67.5 Å². The lowest BCUT2D eigenvalue weighted by molar-refractivity contribution is -0.185. The maximum atomic E-state index is 15.3. The Balaban J connectivity index is 1.26. The standard InChI is InChI=1S/C37H33F9O/c1-2-3-4-5-22-6-8-23(9-7-22)25-12-16-30(31(38)18-25)26-13-17-29(32(39)19-26)24-10-14-27(15-11-24)37(45,46)47-28-20-33(40)35(34(41)21-28)36(42,43)44/h10-23H,2-9H2,1H3. The third-order valence-electron chi connectivity index (χ3n) is 8.88. The number of rotatable bonds is 10. The summed E-state index contributed by atoms with van der Waals surface area (Å²) >= 11 is 0. The van der Waals surface area contributed by atoms with Crippen LogP contribution in [0.15, 0.2) is 72.8 Å². The van der Waals surface area contributed by atoms with Crippen LogP contribution in [0.4, 0.5) is 39.5 Å². The Labute approximate surface area is 267 Å². The van der Waals surface area contributed by atoms with Gasteiger partial charge in [0.2, 0.25) is 0 Å². The van der Waals surface area contributed by atoms with Crippen LogP contribution in [0.25, 0.3) is 22.3 Å². The Morgan fingerprint density at radius 3 is 1.79 bits per heavy atom. The van der Waals surface area contributed by atoms with Crippen molar-refractivity contribution in [1.29, 1.82) is 0 Å². The van der Waals surface area contributed by atoms with Gasteiger partial charge in [-0.1, -0.05) is 69.0 Å². The molecule has 5 rings (SSSR count). The summed E-state index contributed by atoms with van der Waals surface area (Å²) in [6.07, 6.45) is -0.318. The van der Waals surface area contributed by atoms with E-state index in [1.807, 2.05) is 6.07 Å². The van der Waals surface area contributed by atoms with Gasteiger partial charge in [-0.05, 0) is 78.5 Å². The molecule has 0 radical (unpaired) electrons. The average Bonchev–Trinajstić information content (AvgIpc) is 3.00. The molecule has 0 N–H and O–H groups in total. The molecule has 0 unspecified atom stereocenters. The predicted molar refractivity (Wildman–Crippen MR) is 162 cm³/mol. The molecule has 250 valence electrons. The van der Waals surface area contributed by atoms with Crippen molar-refractivity contribution in [3.8, 4) is 28.0 Å². The lowest BCUT2D eigenvalue weighted by Crippen LogP contribution is -2.22. The molecule has 0 aliphatic heterocycles. The molecule has 10 heteroatoms. The Bertz CT molecular complexity index is 1660. The van der Waals surface area contributed by atoms with E-state index in [-0.39, 0.29) is 34.7 Å². The van der Waals surface area contributed by atoms with E-state index < -0.39 is 52.4 Å². The first kappa shape index (κ1) is 34.4. The second-order valence-electron chi connectivity index (χ2n) is 12.1. The van der Waals surface area contributed by atoms with Crippen LogP contribution < -0.4 is 4.74 Å². The maximum Gasteiger partial charge on any atom is 0.426 e. The number of unbranched alkanes of at least 4 members (excludes halogenated alkanes) is 2. The van der Waals surface area contributed by atoms with Crippen molar-refractivity contribution in [2.24, 2.45) is 5.92 Å². The normalized spacial score (nSPS) is 17.1. The highest BCUT2D eigenvalue weighted by molar-refractivity contribution is 5.71. The highest BCUT2D eigenvalue weighted by Gasteiger charge is 2.40. The van der Waals surface area contributed by atoms with Crippen LogP contribution in [-0.4, -0.2) is 0 Å². The molecule has 0 heterocycles. The quantitative estimate of drug-likeness (QED) is 0.121. The number of ether oxygens (including phenoxy) is 1. The molecule has 1 nitrogen and oxygen atoms in total. The zero-order valence-corrected chi connectivity index (χ0v) is 25.5. The van der Waals surface area contributed by atoms with Crippen LogP contribution in [0.1, 0.15) is 80.9 Å². The highest BCUT2D eigenvalue weighted by Crippen LogP contribution is 2.41. The second kappa shape index (κ2) is 14.0. The van der Waals surface area contributed by atoms with Crippen molar-refractivity contribution < 1.29 is 44.3 Å². The largest absolute Gasteiger partial charge is 0.429 e. The lowest BCUT2D eigenvalue weighted by atomic mass is 9.77. The van der Waals surface area contributed by atoms with Gasteiger partial charge in [-0.25, -0.2) is 17.6 Å². The fourth-order valence-electron chi connectivity index (χ4n) is 6.33. The van der Waals surface area contributed by atoms with Gasteiger partial charge in [-0.3, -0.25) is 0 Å². The Kier molecular flexibility index (Phi) is 10.3. The molecule has 1 saturated carbocycles. The van der Waals surface area contributed by atoms with E-state index in [0.29, 0.717) is 5.56 Å². The van der Waals surface area contributed by atoms with Gasteiger partial charge in [0, 0.05) is 23.3 Å². The Morgan fingerprint density at radius 2 is 1.21 bits per heavy atom. The SMILES string of the molecule is CCCCCC1CCC(c2ccc(-c3ccc(-c4ccc(C(F)(F)Oc5cc(F)c(C(F)(F)F)c(F)c5)cc4)c(F)c3)c(F)c2)CC1. The minimum Gasteiger partial charge on any atom is -0.429 e. The van der Waals surface area contributed by atoms with Crippen molar-refractivity contribution in [3.63, 3.8) is 0 Å². The zero-order valence-electron chi connectivity index (χ0n) is 25.5. The number of benzene rings is 4. The number of alkyl halides is 5. The second-order valence-corrected chi connectivity index (χ2v) is 12.1. The summed E-state index contributed by atoms with van der Waals surface area (Å²) in [7, 11) is 0. The fourth-order valence-corrected chi connectivity index (χ4v) is 6.33.